The number of methoxy groups -OCH3 is 1. The maximum atomic E-state index is 6.46. The van der Waals surface area contributed by atoms with E-state index in [-0.39, 0.29) is 0 Å². The molecule has 2 aliphatic rings. The number of benzene rings is 2. The highest BCUT2D eigenvalue weighted by molar-refractivity contribution is 5.99. The van der Waals surface area contributed by atoms with Crippen molar-refractivity contribution in [2.45, 2.75) is 51.1 Å². The van der Waals surface area contributed by atoms with Gasteiger partial charge in [-0.05, 0) is 50.4 Å². The van der Waals surface area contributed by atoms with Crippen LogP contribution in [0.5, 0.6) is 5.75 Å². The van der Waals surface area contributed by atoms with Crippen molar-refractivity contribution >= 4 is 27.9 Å². The molecule has 2 fully saturated rings. The summed E-state index contributed by atoms with van der Waals surface area (Å²) >= 11 is 0. The smallest absolute Gasteiger partial charge is 0.164 e. The lowest BCUT2D eigenvalue weighted by molar-refractivity contribution is 0.0732. The number of likely N-dealkylation sites (N-methyl/N-ethyl adjacent to an activating group) is 1. The Morgan fingerprint density at radius 3 is 2.55 bits per heavy atom. The van der Waals surface area contributed by atoms with Crippen molar-refractivity contribution in [2.24, 2.45) is 0 Å². The van der Waals surface area contributed by atoms with Gasteiger partial charge in [0.25, 0.3) is 0 Å². The normalized spacial score (nSPS) is 20.4. The molecule has 218 valence electrons. The molecule has 4 heterocycles. The minimum atomic E-state index is 0.298. The standard InChI is InChI=1S/C32H39N9O/c1-3-39-14-16-40(17-15-39)23-9-11-24(12-10-23)41-32-29(31(33)34-20-35-32)30(38-41)22-8-13-25-26(18-22)37-28(36-25)19-21-6-4-5-7-27(21)42-2/h4-8,13,18,20,23-24H,3,9-12,14-17,19H2,1-2H3,(H,36,37)(H2,33,34,35)/t23-,24+. The van der Waals surface area contributed by atoms with Crippen molar-refractivity contribution in [3.63, 3.8) is 0 Å². The van der Waals surface area contributed by atoms with Crippen LogP contribution in [0.15, 0.2) is 48.8 Å². The van der Waals surface area contributed by atoms with Gasteiger partial charge < -0.3 is 20.4 Å². The van der Waals surface area contributed by atoms with Gasteiger partial charge in [-0.2, -0.15) is 5.10 Å². The van der Waals surface area contributed by atoms with E-state index in [1.54, 1.807) is 13.4 Å². The number of imidazole rings is 1. The first-order chi connectivity index (χ1) is 20.6. The molecule has 0 spiro atoms. The van der Waals surface area contributed by atoms with E-state index >= 15 is 0 Å². The second-order valence-electron chi connectivity index (χ2n) is 11.6. The van der Waals surface area contributed by atoms with Crippen LogP contribution in [0.1, 0.15) is 50.0 Å². The molecular weight excluding hydrogens is 526 g/mol. The highest BCUT2D eigenvalue weighted by Gasteiger charge is 2.31. The van der Waals surface area contributed by atoms with Gasteiger partial charge in [-0.15, -0.1) is 0 Å². The molecule has 10 heteroatoms. The predicted molar refractivity (Wildman–Crippen MR) is 166 cm³/mol. The summed E-state index contributed by atoms with van der Waals surface area (Å²) in [4.78, 5) is 22.6. The third-order valence-corrected chi connectivity index (χ3v) is 9.26. The van der Waals surface area contributed by atoms with Crippen LogP contribution in [0.2, 0.25) is 0 Å². The summed E-state index contributed by atoms with van der Waals surface area (Å²) in [5, 5.41) is 5.99. The zero-order valence-electron chi connectivity index (χ0n) is 24.5. The van der Waals surface area contributed by atoms with E-state index in [9.17, 15) is 0 Å². The predicted octanol–water partition coefficient (Wildman–Crippen LogP) is 4.67. The average molecular weight is 566 g/mol. The average Bonchev–Trinajstić information content (AvgIpc) is 3.63. The van der Waals surface area contributed by atoms with Crippen LogP contribution < -0.4 is 10.5 Å². The minimum Gasteiger partial charge on any atom is -0.496 e. The topological polar surface area (TPSA) is 114 Å². The number of fused-ring (bicyclic) bond motifs is 2. The van der Waals surface area contributed by atoms with Gasteiger partial charge in [-0.3, -0.25) is 4.90 Å². The number of rotatable bonds is 7. The van der Waals surface area contributed by atoms with Gasteiger partial charge in [-0.25, -0.2) is 19.6 Å². The summed E-state index contributed by atoms with van der Waals surface area (Å²) < 4.78 is 7.66. The van der Waals surface area contributed by atoms with Gasteiger partial charge in [0.2, 0.25) is 0 Å². The number of aromatic amines is 1. The van der Waals surface area contributed by atoms with E-state index in [1.807, 2.05) is 24.3 Å². The molecule has 3 aromatic heterocycles. The van der Waals surface area contributed by atoms with Crippen molar-refractivity contribution in [3.05, 3.63) is 60.2 Å². The molecule has 7 rings (SSSR count). The molecule has 42 heavy (non-hydrogen) atoms. The number of nitrogens with two attached hydrogens (primary N) is 1. The van der Waals surface area contributed by atoms with Crippen molar-refractivity contribution in [1.29, 1.82) is 0 Å². The SMILES string of the molecule is CCN1CCN([C@H]2CC[C@@H](n3nc(-c4ccc5nc(Cc6ccccc6OC)[nH]c5c4)c4c(N)ncnc43)CC2)CC1. The quantitative estimate of drug-likeness (QED) is 0.293. The largest absolute Gasteiger partial charge is 0.496 e. The van der Waals surface area contributed by atoms with E-state index in [4.69, 9.17) is 20.6 Å². The summed E-state index contributed by atoms with van der Waals surface area (Å²) in [6.07, 6.45) is 6.76. The van der Waals surface area contributed by atoms with Gasteiger partial charge in [0.15, 0.2) is 5.65 Å². The summed E-state index contributed by atoms with van der Waals surface area (Å²) in [7, 11) is 1.70. The Balaban J connectivity index is 1.15. The Morgan fingerprint density at radius 1 is 0.976 bits per heavy atom. The molecule has 3 N–H and O–H groups in total. The van der Waals surface area contributed by atoms with Crippen molar-refractivity contribution in [1.82, 2.24) is 39.5 Å². The Bertz CT molecular complexity index is 1690. The summed E-state index contributed by atoms with van der Waals surface area (Å²) in [5.41, 5.74) is 12.0. The van der Waals surface area contributed by atoms with E-state index in [1.165, 1.54) is 39.0 Å². The summed E-state index contributed by atoms with van der Waals surface area (Å²) in [6, 6.07) is 15.2. The van der Waals surface area contributed by atoms with Crippen LogP contribution in [0, 0.1) is 0 Å². The highest BCUT2D eigenvalue weighted by Crippen LogP contribution is 2.37. The highest BCUT2D eigenvalue weighted by atomic mass is 16.5. The second-order valence-corrected chi connectivity index (χ2v) is 11.6. The number of hydrogen-bond acceptors (Lipinski definition) is 8. The fraction of sp³-hybridized carbons (Fsp3) is 0.438. The minimum absolute atomic E-state index is 0.298. The lowest BCUT2D eigenvalue weighted by Gasteiger charge is -2.41. The zero-order valence-corrected chi connectivity index (χ0v) is 24.5. The summed E-state index contributed by atoms with van der Waals surface area (Å²) in [6.45, 7) is 8.13. The first kappa shape index (κ1) is 26.9. The number of para-hydroxylation sites is 1. The zero-order chi connectivity index (χ0) is 28.6. The molecule has 1 saturated carbocycles. The molecule has 0 radical (unpaired) electrons. The van der Waals surface area contributed by atoms with Crippen LogP contribution in [-0.2, 0) is 6.42 Å². The van der Waals surface area contributed by atoms with Crippen molar-refractivity contribution in [3.8, 4) is 17.0 Å². The van der Waals surface area contributed by atoms with Crippen LogP contribution in [-0.4, -0.2) is 85.4 Å². The lowest BCUT2D eigenvalue weighted by Crippen LogP contribution is -2.51. The van der Waals surface area contributed by atoms with Gasteiger partial charge in [0.1, 0.15) is 29.4 Å². The van der Waals surface area contributed by atoms with Gasteiger partial charge in [0, 0.05) is 49.8 Å². The first-order valence-electron chi connectivity index (χ1n) is 15.2. The monoisotopic (exact) mass is 565 g/mol. The van der Waals surface area contributed by atoms with E-state index in [0.29, 0.717) is 24.3 Å². The molecule has 0 unspecified atom stereocenters. The molecule has 1 aliphatic heterocycles. The van der Waals surface area contributed by atoms with Crippen LogP contribution in [0.25, 0.3) is 33.3 Å². The third kappa shape index (κ3) is 4.98. The second kappa shape index (κ2) is 11.3. The number of nitrogens with zero attached hydrogens (tertiary/aromatic N) is 7. The number of H-pyrrole nitrogens is 1. The first-order valence-corrected chi connectivity index (χ1v) is 15.2. The number of nitrogens with one attached hydrogen (secondary N) is 1. The fourth-order valence-electron chi connectivity index (χ4n) is 6.89. The molecule has 0 bridgehead atoms. The summed E-state index contributed by atoms with van der Waals surface area (Å²) in [5.74, 6) is 2.21. The van der Waals surface area contributed by atoms with Gasteiger partial charge in [-0.1, -0.05) is 31.2 Å². The number of nitrogen functional groups attached to an aromatic ring is 1. The van der Waals surface area contributed by atoms with Crippen molar-refractivity contribution < 1.29 is 4.74 Å². The van der Waals surface area contributed by atoms with E-state index < -0.39 is 0 Å². The molecule has 1 saturated heterocycles. The number of hydrogen-bond donors (Lipinski definition) is 2. The Labute approximate surface area is 245 Å². The Morgan fingerprint density at radius 2 is 1.76 bits per heavy atom. The number of aromatic nitrogens is 6. The molecular formula is C32H39N9O. The molecule has 10 nitrogen and oxygen atoms in total. The number of piperazine rings is 1. The third-order valence-electron chi connectivity index (χ3n) is 9.26. The number of anilines is 1. The molecule has 2 aromatic carbocycles. The van der Waals surface area contributed by atoms with Crippen LogP contribution in [0.4, 0.5) is 5.82 Å². The fourth-order valence-corrected chi connectivity index (χ4v) is 6.89. The lowest BCUT2D eigenvalue weighted by atomic mass is 9.90. The maximum absolute atomic E-state index is 6.46. The van der Waals surface area contributed by atoms with Gasteiger partial charge >= 0.3 is 0 Å². The number of ether oxygens (including phenoxy) is 1. The molecule has 0 atom stereocenters. The van der Waals surface area contributed by atoms with Gasteiger partial charge in [0.05, 0.1) is 29.6 Å². The van der Waals surface area contributed by atoms with E-state index in [2.05, 4.69) is 54.6 Å². The van der Waals surface area contributed by atoms with E-state index in [0.717, 1.165) is 69.8 Å². The molecule has 5 aromatic rings. The Hall–Kier alpha value is -4.02. The molecule has 0 amide bonds. The molecule has 1 aliphatic carbocycles. The van der Waals surface area contributed by atoms with Crippen molar-refractivity contribution in [2.75, 3.05) is 45.6 Å². The maximum Gasteiger partial charge on any atom is 0.164 e. The van der Waals surface area contributed by atoms with Crippen LogP contribution in [0.3, 0.4) is 0 Å². The Kier molecular flexibility index (Phi) is 7.25. The van der Waals surface area contributed by atoms with Crippen LogP contribution >= 0.6 is 0 Å².